The molecule has 11 heavy (non-hydrogen) atoms. The summed E-state index contributed by atoms with van der Waals surface area (Å²) >= 11 is 3.62. The average Bonchev–Trinajstić information content (AvgIpc) is 1.91. The van der Waals surface area contributed by atoms with Crippen LogP contribution in [0.4, 0.5) is 0 Å². The van der Waals surface area contributed by atoms with Gasteiger partial charge < -0.3 is 0 Å². The van der Waals surface area contributed by atoms with Crippen LogP contribution in [0.2, 0.25) is 0 Å². The summed E-state index contributed by atoms with van der Waals surface area (Å²) in [6.45, 7) is 11.0. The van der Waals surface area contributed by atoms with E-state index >= 15 is 0 Å². The summed E-state index contributed by atoms with van der Waals surface area (Å²) in [5.74, 6) is 0. The maximum Gasteiger partial charge on any atom is 0.0450 e. The Balaban J connectivity index is 3.09. The van der Waals surface area contributed by atoms with Gasteiger partial charge in [0.25, 0.3) is 0 Å². The molecule has 1 nitrogen and oxygen atoms in total. The van der Waals surface area contributed by atoms with Gasteiger partial charge in [-0.2, -0.15) is 0 Å². The normalized spacial score (nSPS) is 27.8. The third-order valence-corrected chi connectivity index (χ3v) is 4.03. The number of hydrogen-bond acceptors (Lipinski definition) is 1. The van der Waals surface area contributed by atoms with E-state index in [2.05, 4.69) is 55.9 Å². The fourth-order valence-corrected chi connectivity index (χ4v) is 2.27. The minimum atomic E-state index is 0.105. The standard InChI is InChI=1S/C9H16BrN/c1-6-7(10)9(4,5)11-8(6,2)3/h11H,1-5H3. The van der Waals surface area contributed by atoms with Crippen molar-refractivity contribution in [2.45, 2.75) is 45.7 Å². The zero-order valence-corrected chi connectivity index (χ0v) is 9.46. The predicted molar refractivity (Wildman–Crippen MR) is 52.9 cm³/mol. The molecule has 0 aromatic heterocycles. The highest BCUT2D eigenvalue weighted by atomic mass is 79.9. The predicted octanol–water partition coefficient (Wildman–Crippen LogP) is 2.82. The van der Waals surface area contributed by atoms with Gasteiger partial charge in [0.05, 0.1) is 0 Å². The van der Waals surface area contributed by atoms with Crippen molar-refractivity contribution >= 4 is 15.9 Å². The molecule has 1 rings (SSSR count). The Labute approximate surface area is 77.4 Å². The van der Waals surface area contributed by atoms with Crippen molar-refractivity contribution in [3.05, 3.63) is 10.1 Å². The smallest absolute Gasteiger partial charge is 0.0450 e. The molecule has 1 N–H and O–H groups in total. The summed E-state index contributed by atoms with van der Waals surface area (Å²) in [5, 5.41) is 3.55. The van der Waals surface area contributed by atoms with Gasteiger partial charge in [-0.3, -0.25) is 5.32 Å². The maximum absolute atomic E-state index is 3.62. The van der Waals surface area contributed by atoms with Crippen molar-refractivity contribution in [1.29, 1.82) is 0 Å². The van der Waals surface area contributed by atoms with Crippen molar-refractivity contribution in [1.82, 2.24) is 5.32 Å². The van der Waals surface area contributed by atoms with Crippen molar-refractivity contribution in [2.75, 3.05) is 0 Å². The molecule has 1 aliphatic rings. The second kappa shape index (κ2) is 2.33. The van der Waals surface area contributed by atoms with Crippen LogP contribution in [0.1, 0.15) is 34.6 Å². The molecule has 0 fully saturated rings. The maximum atomic E-state index is 3.62. The number of rotatable bonds is 0. The van der Waals surface area contributed by atoms with E-state index < -0.39 is 0 Å². The summed E-state index contributed by atoms with van der Waals surface area (Å²) < 4.78 is 1.30. The van der Waals surface area contributed by atoms with E-state index in [-0.39, 0.29) is 11.1 Å². The second-order valence-electron chi connectivity index (χ2n) is 4.31. The zero-order chi connectivity index (χ0) is 8.86. The van der Waals surface area contributed by atoms with Crippen LogP contribution >= 0.6 is 15.9 Å². The third-order valence-electron chi connectivity index (χ3n) is 2.44. The molecule has 0 saturated carbocycles. The zero-order valence-electron chi connectivity index (χ0n) is 7.88. The molecule has 0 saturated heterocycles. The van der Waals surface area contributed by atoms with Gasteiger partial charge in [-0.15, -0.1) is 0 Å². The number of nitrogens with one attached hydrogen (secondary N) is 1. The van der Waals surface area contributed by atoms with E-state index in [9.17, 15) is 0 Å². The first-order chi connectivity index (χ1) is 4.77. The van der Waals surface area contributed by atoms with Gasteiger partial charge in [0.2, 0.25) is 0 Å². The molecular formula is C9H16BrN. The molecule has 0 unspecified atom stereocenters. The van der Waals surface area contributed by atoms with Crippen LogP contribution < -0.4 is 5.32 Å². The molecule has 0 amide bonds. The lowest BCUT2D eigenvalue weighted by Gasteiger charge is -2.27. The molecule has 0 bridgehead atoms. The Morgan fingerprint density at radius 1 is 1.09 bits per heavy atom. The monoisotopic (exact) mass is 217 g/mol. The fourth-order valence-electron chi connectivity index (χ4n) is 1.67. The van der Waals surface area contributed by atoms with E-state index in [1.165, 1.54) is 10.1 Å². The molecule has 1 aliphatic heterocycles. The van der Waals surface area contributed by atoms with E-state index in [4.69, 9.17) is 0 Å². The Kier molecular flexibility index (Phi) is 1.97. The Bertz CT molecular complexity index is 192. The first kappa shape index (κ1) is 9.27. The minimum Gasteiger partial charge on any atom is -0.299 e. The van der Waals surface area contributed by atoms with Gasteiger partial charge in [0.1, 0.15) is 0 Å². The molecule has 1 heterocycles. The van der Waals surface area contributed by atoms with Gasteiger partial charge in [-0.1, -0.05) is 15.9 Å². The van der Waals surface area contributed by atoms with Crippen LogP contribution in [-0.4, -0.2) is 11.1 Å². The minimum absolute atomic E-state index is 0.105. The molecule has 0 aromatic rings. The lowest BCUT2D eigenvalue weighted by atomic mass is 9.99. The second-order valence-corrected chi connectivity index (χ2v) is 5.11. The van der Waals surface area contributed by atoms with Crippen molar-refractivity contribution in [2.24, 2.45) is 0 Å². The van der Waals surface area contributed by atoms with Crippen LogP contribution in [0.15, 0.2) is 10.1 Å². The summed E-state index contributed by atoms with van der Waals surface area (Å²) in [4.78, 5) is 0. The van der Waals surface area contributed by atoms with Crippen LogP contribution in [0.5, 0.6) is 0 Å². The van der Waals surface area contributed by atoms with Crippen LogP contribution in [-0.2, 0) is 0 Å². The average molecular weight is 218 g/mol. The summed E-state index contributed by atoms with van der Waals surface area (Å²) in [7, 11) is 0. The summed E-state index contributed by atoms with van der Waals surface area (Å²) in [6, 6.07) is 0. The van der Waals surface area contributed by atoms with Crippen molar-refractivity contribution in [3.63, 3.8) is 0 Å². The molecule has 0 aromatic carbocycles. The van der Waals surface area contributed by atoms with E-state index in [1.54, 1.807) is 0 Å². The van der Waals surface area contributed by atoms with E-state index in [0.717, 1.165) is 0 Å². The molecule has 0 aliphatic carbocycles. The fraction of sp³-hybridized carbons (Fsp3) is 0.778. The largest absolute Gasteiger partial charge is 0.299 e. The van der Waals surface area contributed by atoms with Gasteiger partial charge in [-0.25, -0.2) is 0 Å². The van der Waals surface area contributed by atoms with E-state index in [0.29, 0.717) is 0 Å². The number of hydrogen-bond donors (Lipinski definition) is 1. The SMILES string of the molecule is CC1=C(Br)C(C)(C)NC1(C)C. The van der Waals surface area contributed by atoms with Gasteiger partial charge in [-0.05, 0) is 40.2 Å². The Morgan fingerprint density at radius 3 is 1.64 bits per heavy atom. The molecule has 64 valence electrons. The van der Waals surface area contributed by atoms with Crippen LogP contribution in [0, 0.1) is 0 Å². The first-order valence-electron chi connectivity index (χ1n) is 3.94. The molecule has 2 heteroatoms. The Hall–Kier alpha value is 0.180. The van der Waals surface area contributed by atoms with Crippen LogP contribution in [0.25, 0.3) is 0 Å². The van der Waals surface area contributed by atoms with Crippen molar-refractivity contribution < 1.29 is 0 Å². The topological polar surface area (TPSA) is 12.0 Å². The molecular weight excluding hydrogens is 202 g/mol. The molecule has 0 atom stereocenters. The Morgan fingerprint density at radius 2 is 1.55 bits per heavy atom. The van der Waals surface area contributed by atoms with E-state index in [1.807, 2.05) is 0 Å². The van der Waals surface area contributed by atoms with Gasteiger partial charge in [0.15, 0.2) is 0 Å². The first-order valence-corrected chi connectivity index (χ1v) is 4.73. The van der Waals surface area contributed by atoms with Crippen LogP contribution in [0.3, 0.4) is 0 Å². The summed E-state index contributed by atoms with van der Waals surface area (Å²) in [5.41, 5.74) is 1.65. The van der Waals surface area contributed by atoms with Gasteiger partial charge >= 0.3 is 0 Å². The lowest BCUT2D eigenvalue weighted by molar-refractivity contribution is 0.386. The van der Waals surface area contributed by atoms with Gasteiger partial charge in [0, 0.05) is 15.6 Å². The summed E-state index contributed by atoms with van der Waals surface area (Å²) in [6.07, 6.45) is 0. The van der Waals surface area contributed by atoms with Crippen molar-refractivity contribution in [3.8, 4) is 0 Å². The molecule has 0 spiro atoms. The quantitative estimate of drug-likeness (QED) is 0.659. The highest BCUT2D eigenvalue weighted by Crippen LogP contribution is 2.38. The highest BCUT2D eigenvalue weighted by molar-refractivity contribution is 9.11. The lowest BCUT2D eigenvalue weighted by Crippen LogP contribution is -2.45. The molecule has 0 radical (unpaired) electrons. The highest BCUT2D eigenvalue weighted by Gasteiger charge is 2.39. The third kappa shape index (κ3) is 1.38. The number of halogens is 1.